The van der Waals surface area contributed by atoms with Gasteiger partial charge in [0.15, 0.2) is 0 Å². The van der Waals surface area contributed by atoms with Gasteiger partial charge in [-0.05, 0) is 55.4 Å². The highest BCUT2D eigenvalue weighted by Gasteiger charge is 2.35. The van der Waals surface area contributed by atoms with E-state index in [0.717, 1.165) is 31.0 Å². The Morgan fingerprint density at radius 3 is 2.67 bits per heavy atom. The largest absolute Gasteiger partial charge is 0.335 e. The topological polar surface area (TPSA) is 38.1 Å². The maximum Gasteiger partial charge on any atom is 0.254 e. The van der Waals surface area contributed by atoms with E-state index in [1.807, 2.05) is 29.1 Å². The van der Waals surface area contributed by atoms with Gasteiger partial charge >= 0.3 is 0 Å². The van der Waals surface area contributed by atoms with Crippen LogP contribution in [0.25, 0.3) is 0 Å². The van der Waals surface area contributed by atoms with Crippen LogP contribution in [0.5, 0.6) is 0 Å². The van der Waals surface area contributed by atoms with Crippen molar-refractivity contribution < 1.29 is 4.79 Å². The van der Waals surface area contributed by atoms with E-state index in [9.17, 15) is 4.79 Å². The zero-order chi connectivity index (χ0) is 16.4. The van der Waals surface area contributed by atoms with Crippen molar-refractivity contribution in [3.05, 3.63) is 53.9 Å². The van der Waals surface area contributed by atoms with E-state index in [4.69, 9.17) is 0 Å². The Morgan fingerprint density at radius 2 is 1.88 bits per heavy atom. The maximum atomic E-state index is 13.0. The molecule has 2 aromatic rings. The molecule has 2 unspecified atom stereocenters. The lowest BCUT2D eigenvalue weighted by Crippen LogP contribution is -2.49. The predicted octanol–water partition coefficient (Wildman–Crippen LogP) is 3.73. The Balaban J connectivity index is 1.47. The van der Waals surface area contributed by atoms with Crippen molar-refractivity contribution in [1.29, 1.82) is 0 Å². The smallest absolute Gasteiger partial charge is 0.254 e. The first-order valence-electron chi connectivity index (χ1n) is 9.18. The highest BCUT2D eigenvalue weighted by atomic mass is 16.2. The van der Waals surface area contributed by atoms with Crippen LogP contribution in [-0.2, 0) is 6.54 Å². The van der Waals surface area contributed by atoms with Gasteiger partial charge in [-0.15, -0.1) is 0 Å². The molecule has 0 radical (unpaired) electrons. The number of piperidine rings is 1. The van der Waals surface area contributed by atoms with E-state index in [1.54, 1.807) is 6.20 Å². The van der Waals surface area contributed by atoms with Gasteiger partial charge in [0, 0.05) is 30.5 Å². The molecule has 1 aromatic heterocycles. The minimum Gasteiger partial charge on any atom is -0.335 e. The van der Waals surface area contributed by atoms with Gasteiger partial charge in [-0.25, -0.2) is 0 Å². The Hall–Kier alpha value is -2.10. The van der Waals surface area contributed by atoms with Gasteiger partial charge in [0.1, 0.15) is 0 Å². The molecule has 2 aliphatic rings. The summed E-state index contributed by atoms with van der Waals surface area (Å²) in [5.41, 5.74) is 2.00. The van der Waals surface area contributed by atoms with E-state index in [1.165, 1.54) is 37.7 Å². The standard InChI is InChI=1S/C20H25N3O/c24-20(23-14-3-6-17-5-1-2-7-19(17)23)18-10-8-16(9-11-18)15-22-13-4-12-21-22/h4,8-13,17,19H,1-3,5-7,14-15H2. The maximum absolute atomic E-state index is 13.0. The zero-order valence-corrected chi connectivity index (χ0v) is 14.1. The molecule has 4 nitrogen and oxygen atoms in total. The van der Waals surface area contributed by atoms with Crippen LogP contribution in [0, 0.1) is 5.92 Å². The first-order valence-corrected chi connectivity index (χ1v) is 9.18. The summed E-state index contributed by atoms with van der Waals surface area (Å²) in [6.45, 7) is 1.67. The summed E-state index contributed by atoms with van der Waals surface area (Å²) in [6.07, 6.45) is 11.3. The molecule has 2 heterocycles. The number of fused-ring (bicyclic) bond motifs is 1. The summed E-state index contributed by atoms with van der Waals surface area (Å²) >= 11 is 0. The van der Waals surface area contributed by atoms with Crippen LogP contribution in [0.1, 0.15) is 54.4 Å². The molecule has 1 aliphatic heterocycles. The molecule has 1 saturated heterocycles. The number of hydrogen-bond donors (Lipinski definition) is 0. The summed E-state index contributed by atoms with van der Waals surface area (Å²) in [5.74, 6) is 0.952. The Kier molecular flexibility index (Phi) is 4.37. The monoisotopic (exact) mass is 323 g/mol. The number of benzene rings is 1. The Morgan fingerprint density at radius 1 is 1.08 bits per heavy atom. The molecule has 1 aromatic carbocycles. The van der Waals surface area contributed by atoms with Crippen LogP contribution in [0.2, 0.25) is 0 Å². The molecular weight excluding hydrogens is 298 g/mol. The van der Waals surface area contributed by atoms with Crippen LogP contribution in [0.3, 0.4) is 0 Å². The molecular formula is C20H25N3O. The van der Waals surface area contributed by atoms with E-state index in [2.05, 4.69) is 22.1 Å². The van der Waals surface area contributed by atoms with Crippen LogP contribution >= 0.6 is 0 Å². The summed E-state index contributed by atoms with van der Waals surface area (Å²) in [5, 5.41) is 4.23. The molecule has 126 valence electrons. The molecule has 1 saturated carbocycles. The average Bonchev–Trinajstić information content (AvgIpc) is 3.14. The van der Waals surface area contributed by atoms with Crippen LogP contribution < -0.4 is 0 Å². The van der Waals surface area contributed by atoms with Gasteiger partial charge in [-0.1, -0.05) is 25.0 Å². The SMILES string of the molecule is O=C(c1ccc(Cn2cccn2)cc1)N1CCCC2CCCCC21. The number of aromatic nitrogens is 2. The predicted molar refractivity (Wildman–Crippen MR) is 93.8 cm³/mol. The molecule has 4 rings (SSSR count). The molecule has 24 heavy (non-hydrogen) atoms. The number of amides is 1. The second kappa shape index (κ2) is 6.80. The summed E-state index contributed by atoms with van der Waals surface area (Å²) < 4.78 is 1.90. The van der Waals surface area contributed by atoms with Crippen molar-refractivity contribution in [3.63, 3.8) is 0 Å². The highest BCUT2D eigenvalue weighted by Crippen LogP contribution is 2.35. The fourth-order valence-corrected chi connectivity index (χ4v) is 4.38. The third kappa shape index (κ3) is 3.10. The van der Waals surface area contributed by atoms with E-state index < -0.39 is 0 Å². The Labute approximate surface area is 143 Å². The minimum atomic E-state index is 0.220. The van der Waals surface area contributed by atoms with Crippen molar-refractivity contribution in [3.8, 4) is 0 Å². The summed E-state index contributed by atoms with van der Waals surface area (Å²) in [7, 11) is 0. The molecule has 0 N–H and O–H groups in total. The van der Waals surface area contributed by atoms with E-state index in [-0.39, 0.29) is 5.91 Å². The lowest BCUT2D eigenvalue weighted by Gasteiger charge is -2.44. The first kappa shape index (κ1) is 15.4. The molecule has 2 atom stereocenters. The number of hydrogen-bond acceptors (Lipinski definition) is 2. The lowest BCUT2D eigenvalue weighted by molar-refractivity contribution is 0.0390. The zero-order valence-electron chi connectivity index (χ0n) is 14.1. The average molecular weight is 323 g/mol. The fraction of sp³-hybridized carbons (Fsp3) is 0.500. The quantitative estimate of drug-likeness (QED) is 0.863. The lowest BCUT2D eigenvalue weighted by atomic mass is 9.78. The fourth-order valence-electron chi connectivity index (χ4n) is 4.38. The van der Waals surface area contributed by atoms with Gasteiger partial charge < -0.3 is 4.90 Å². The molecule has 0 bridgehead atoms. The van der Waals surface area contributed by atoms with Crippen LogP contribution in [-0.4, -0.2) is 33.2 Å². The molecule has 2 fully saturated rings. The van der Waals surface area contributed by atoms with Gasteiger partial charge in [0.05, 0.1) is 6.54 Å². The number of nitrogens with zero attached hydrogens (tertiary/aromatic N) is 3. The molecule has 1 aliphatic carbocycles. The first-order chi connectivity index (χ1) is 11.8. The van der Waals surface area contributed by atoms with Gasteiger partial charge in [0.25, 0.3) is 5.91 Å². The van der Waals surface area contributed by atoms with E-state index >= 15 is 0 Å². The molecule has 1 amide bonds. The normalized spacial score (nSPS) is 23.8. The molecule has 0 spiro atoms. The number of rotatable bonds is 3. The minimum absolute atomic E-state index is 0.220. The third-order valence-corrected chi connectivity index (χ3v) is 5.61. The van der Waals surface area contributed by atoms with Crippen LogP contribution in [0.4, 0.5) is 0 Å². The van der Waals surface area contributed by atoms with Gasteiger partial charge in [-0.3, -0.25) is 9.48 Å². The molecule has 4 heteroatoms. The van der Waals surface area contributed by atoms with Crippen molar-refractivity contribution >= 4 is 5.91 Å². The number of likely N-dealkylation sites (tertiary alicyclic amines) is 1. The summed E-state index contributed by atoms with van der Waals surface area (Å²) in [6, 6.07) is 10.5. The van der Waals surface area contributed by atoms with Crippen molar-refractivity contribution in [2.45, 2.75) is 51.1 Å². The highest BCUT2D eigenvalue weighted by molar-refractivity contribution is 5.94. The number of carbonyl (C=O) groups is 1. The van der Waals surface area contributed by atoms with Crippen molar-refractivity contribution in [2.75, 3.05) is 6.54 Å². The van der Waals surface area contributed by atoms with Gasteiger partial charge in [-0.2, -0.15) is 5.10 Å². The Bertz CT molecular complexity index is 675. The second-order valence-corrected chi connectivity index (χ2v) is 7.15. The third-order valence-electron chi connectivity index (χ3n) is 5.61. The number of carbonyl (C=O) groups excluding carboxylic acids is 1. The van der Waals surface area contributed by atoms with Crippen LogP contribution in [0.15, 0.2) is 42.7 Å². The van der Waals surface area contributed by atoms with Crippen molar-refractivity contribution in [2.24, 2.45) is 5.92 Å². The van der Waals surface area contributed by atoms with E-state index in [0.29, 0.717) is 6.04 Å². The summed E-state index contributed by atoms with van der Waals surface area (Å²) in [4.78, 5) is 15.2. The van der Waals surface area contributed by atoms with Crippen molar-refractivity contribution in [1.82, 2.24) is 14.7 Å². The van der Waals surface area contributed by atoms with Gasteiger partial charge in [0.2, 0.25) is 0 Å². The second-order valence-electron chi connectivity index (χ2n) is 7.15.